The Morgan fingerprint density at radius 1 is 0.854 bits per heavy atom. The number of benzene rings is 3. The number of nitro benzene ring substituents is 1. The van der Waals surface area contributed by atoms with E-state index in [1.54, 1.807) is 12.1 Å². The number of amides is 1. The number of hydrogen-bond donors (Lipinski definition) is 1. The number of rotatable bonds is 8. The van der Waals surface area contributed by atoms with Crippen LogP contribution in [-0.2, 0) is 17.1 Å². The van der Waals surface area contributed by atoms with Gasteiger partial charge in [-0.05, 0) is 66.8 Å². The number of anilines is 1. The second-order valence-corrected chi connectivity index (χ2v) is 9.49. The second kappa shape index (κ2) is 12.1. The molecule has 0 saturated heterocycles. The lowest BCUT2D eigenvalue weighted by atomic mass is 9.84. The number of nitro groups is 1. The third kappa shape index (κ3) is 7.68. The molecule has 1 saturated carbocycles. The van der Waals surface area contributed by atoms with Crippen LogP contribution in [0.1, 0.15) is 54.7 Å². The highest BCUT2D eigenvalue weighted by Gasteiger charge is 2.34. The molecular weight excluding hydrogens is 558 g/mol. The van der Waals surface area contributed by atoms with Gasteiger partial charge in [-0.2, -0.15) is 26.3 Å². The SMILES string of the molecule is O=C(COc1ccc(C(F)(F)F)cc1[N+](=O)[O-])Nc1cc(C(F)(F)F)ccc1Oc1ccc(C2CCCCC2)cc1. The van der Waals surface area contributed by atoms with Gasteiger partial charge < -0.3 is 14.8 Å². The van der Waals surface area contributed by atoms with Crippen LogP contribution in [0, 0.1) is 10.1 Å². The summed E-state index contributed by atoms with van der Waals surface area (Å²) < 4.78 is 89.7. The maximum atomic E-state index is 13.4. The van der Waals surface area contributed by atoms with Gasteiger partial charge in [0.1, 0.15) is 5.75 Å². The van der Waals surface area contributed by atoms with Gasteiger partial charge in [-0.3, -0.25) is 14.9 Å². The first-order valence-electron chi connectivity index (χ1n) is 12.6. The van der Waals surface area contributed by atoms with E-state index in [2.05, 4.69) is 5.32 Å². The Balaban J connectivity index is 1.50. The summed E-state index contributed by atoms with van der Waals surface area (Å²) in [5.41, 5.74) is -2.63. The smallest absolute Gasteiger partial charge is 0.416 e. The summed E-state index contributed by atoms with van der Waals surface area (Å²) in [5, 5.41) is 13.5. The van der Waals surface area contributed by atoms with Crippen LogP contribution in [0.3, 0.4) is 0 Å². The molecule has 7 nitrogen and oxygen atoms in total. The van der Waals surface area contributed by atoms with Gasteiger partial charge in [0.2, 0.25) is 0 Å². The predicted octanol–water partition coefficient (Wildman–Crippen LogP) is 8.49. The van der Waals surface area contributed by atoms with E-state index in [4.69, 9.17) is 9.47 Å². The molecule has 13 heteroatoms. The van der Waals surface area contributed by atoms with Crippen molar-refractivity contribution < 1.29 is 45.5 Å². The molecular formula is C28H24F6N2O5. The van der Waals surface area contributed by atoms with Gasteiger partial charge in [-0.15, -0.1) is 0 Å². The lowest BCUT2D eigenvalue weighted by molar-refractivity contribution is -0.386. The number of carbonyl (C=O) groups is 1. The molecule has 3 aromatic rings. The molecule has 0 atom stereocenters. The van der Waals surface area contributed by atoms with Crippen molar-refractivity contribution in [3.63, 3.8) is 0 Å². The minimum Gasteiger partial charge on any atom is -0.477 e. The van der Waals surface area contributed by atoms with Crippen molar-refractivity contribution in [2.75, 3.05) is 11.9 Å². The summed E-state index contributed by atoms with van der Waals surface area (Å²) >= 11 is 0. The van der Waals surface area contributed by atoms with Crippen molar-refractivity contribution in [1.29, 1.82) is 0 Å². The Kier molecular flexibility index (Phi) is 8.74. The van der Waals surface area contributed by atoms with Gasteiger partial charge in [0.25, 0.3) is 5.91 Å². The predicted molar refractivity (Wildman–Crippen MR) is 136 cm³/mol. The van der Waals surface area contributed by atoms with Crippen molar-refractivity contribution in [3.8, 4) is 17.2 Å². The van der Waals surface area contributed by atoms with E-state index >= 15 is 0 Å². The summed E-state index contributed by atoms with van der Waals surface area (Å²) in [7, 11) is 0. The van der Waals surface area contributed by atoms with E-state index in [0.29, 0.717) is 29.9 Å². The van der Waals surface area contributed by atoms with Crippen LogP contribution in [-0.4, -0.2) is 17.4 Å². The van der Waals surface area contributed by atoms with E-state index in [1.165, 1.54) is 6.42 Å². The number of nitrogens with one attached hydrogen (secondary N) is 1. The monoisotopic (exact) mass is 582 g/mol. The molecule has 218 valence electrons. The van der Waals surface area contributed by atoms with E-state index < -0.39 is 52.4 Å². The molecule has 0 aliphatic heterocycles. The van der Waals surface area contributed by atoms with Crippen LogP contribution in [0.15, 0.2) is 60.7 Å². The minimum absolute atomic E-state index is 0.114. The van der Waals surface area contributed by atoms with Crippen molar-refractivity contribution in [1.82, 2.24) is 0 Å². The van der Waals surface area contributed by atoms with Crippen LogP contribution in [0.4, 0.5) is 37.7 Å². The number of hydrogen-bond acceptors (Lipinski definition) is 5. The van der Waals surface area contributed by atoms with Crippen LogP contribution in [0.5, 0.6) is 17.2 Å². The normalized spacial score (nSPS) is 14.4. The van der Waals surface area contributed by atoms with E-state index in [1.807, 2.05) is 12.1 Å². The zero-order valence-electron chi connectivity index (χ0n) is 21.3. The molecule has 0 spiro atoms. The van der Waals surface area contributed by atoms with Gasteiger partial charge in [0, 0.05) is 6.07 Å². The van der Waals surface area contributed by atoms with Crippen LogP contribution < -0.4 is 14.8 Å². The standard InChI is InChI=1S/C28H24F6N2O5/c29-27(30,31)19-8-12-24(41-21-10-6-18(7-11-21)17-4-2-1-3-5-17)22(14-19)35-26(37)16-40-25-13-9-20(28(32,33)34)15-23(25)36(38)39/h6-15,17H,1-5,16H2,(H,35,37). The van der Waals surface area contributed by atoms with Gasteiger partial charge >= 0.3 is 18.0 Å². The average molecular weight is 582 g/mol. The molecule has 0 heterocycles. The summed E-state index contributed by atoms with van der Waals surface area (Å²) in [6.07, 6.45) is -3.94. The van der Waals surface area contributed by atoms with Crippen molar-refractivity contribution in [2.24, 2.45) is 0 Å². The first kappa shape index (κ1) is 29.7. The summed E-state index contributed by atoms with van der Waals surface area (Å²) in [6, 6.07) is 11.1. The molecule has 0 aromatic heterocycles. The fourth-order valence-corrected chi connectivity index (χ4v) is 4.55. The van der Waals surface area contributed by atoms with Crippen LogP contribution >= 0.6 is 0 Å². The highest BCUT2D eigenvalue weighted by atomic mass is 19.4. The molecule has 1 aliphatic carbocycles. The first-order valence-corrected chi connectivity index (χ1v) is 12.6. The average Bonchev–Trinajstić information content (AvgIpc) is 2.92. The Morgan fingerprint density at radius 2 is 1.44 bits per heavy atom. The lowest BCUT2D eigenvalue weighted by Crippen LogP contribution is -2.21. The molecule has 3 aromatic carbocycles. The zero-order valence-corrected chi connectivity index (χ0v) is 21.3. The Hall–Kier alpha value is -4.29. The molecule has 1 aliphatic rings. The van der Waals surface area contributed by atoms with Crippen molar-refractivity contribution in [2.45, 2.75) is 50.4 Å². The maximum Gasteiger partial charge on any atom is 0.416 e. The fraction of sp³-hybridized carbons (Fsp3) is 0.321. The first-order chi connectivity index (χ1) is 19.3. The lowest BCUT2D eigenvalue weighted by Gasteiger charge is -2.22. The number of carbonyl (C=O) groups excluding carboxylic acids is 1. The molecule has 0 unspecified atom stereocenters. The van der Waals surface area contributed by atoms with Crippen molar-refractivity contribution in [3.05, 3.63) is 87.5 Å². The third-order valence-electron chi connectivity index (χ3n) is 6.61. The maximum absolute atomic E-state index is 13.4. The molecule has 1 N–H and O–H groups in total. The Bertz CT molecular complexity index is 1400. The fourth-order valence-electron chi connectivity index (χ4n) is 4.55. The number of nitrogens with zero attached hydrogens (tertiary/aromatic N) is 1. The Morgan fingerprint density at radius 3 is 2.02 bits per heavy atom. The summed E-state index contributed by atoms with van der Waals surface area (Å²) in [4.78, 5) is 22.7. The van der Waals surface area contributed by atoms with Gasteiger partial charge in [-0.1, -0.05) is 31.4 Å². The number of ether oxygens (including phenoxy) is 2. The third-order valence-corrected chi connectivity index (χ3v) is 6.61. The van der Waals surface area contributed by atoms with E-state index in [-0.39, 0.29) is 17.5 Å². The number of halogens is 6. The second-order valence-electron chi connectivity index (χ2n) is 9.49. The van der Waals surface area contributed by atoms with Gasteiger partial charge in [0.05, 0.1) is 21.7 Å². The topological polar surface area (TPSA) is 90.7 Å². The molecule has 1 amide bonds. The van der Waals surface area contributed by atoms with E-state index in [0.717, 1.165) is 43.4 Å². The Labute approximate surface area is 230 Å². The molecule has 4 rings (SSSR count). The molecule has 1 fully saturated rings. The van der Waals surface area contributed by atoms with Crippen molar-refractivity contribution >= 4 is 17.3 Å². The highest BCUT2D eigenvalue weighted by molar-refractivity contribution is 5.93. The van der Waals surface area contributed by atoms with Gasteiger partial charge in [-0.25, -0.2) is 0 Å². The molecule has 0 radical (unpaired) electrons. The van der Waals surface area contributed by atoms with Crippen LogP contribution in [0.2, 0.25) is 0 Å². The molecule has 0 bridgehead atoms. The minimum atomic E-state index is -4.85. The molecule has 41 heavy (non-hydrogen) atoms. The largest absolute Gasteiger partial charge is 0.477 e. The van der Waals surface area contributed by atoms with E-state index in [9.17, 15) is 41.3 Å². The highest BCUT2D eigenvalue weighted by Crippen LogP contribution is 2.39. The van der Waals surface area contributed by atoms with Crippen LogP contribution in [0.25, 0.3) is 0 Å². The quantitative estimate of drug-likeness (QED) is 0.163. The number of alkyl halides is 6. The summed E-state index contributed by atoms with van der Waals surface area (Å²) in [5.74, 6) is -1.03. The summed E-state index contributed by atoms with van der Waals surface area (Å²) in [6.45, 7) is -0.946. The van der Waals surface area contributed by atoms with Gasteiger partial charge in [0.15, 0.2) is 18.1 Å². The zero-order chi connectivity index (χ0) is 29.8.